The van der Waals surface area contributed by atoms with E-state index in [4.69, 9.17) is 15.0 Å². The minimum absolute atomic E-state index is 0.540. The average Bonchev–Trinajstić information content (AvgIpc) is 3.19. The standard InChI is InChI=1S/C46H38N4/c1-3-12-33(4-2)35-16-20-39(21-17-35)43-31-44(40-22-18-36(19-23-40)34-13-9-7-10-14-34)50-46(49-43)41-26-24-38(25-27-41)42-29-28-37-15-8-5-6-11-30-47-32-45(37)48-42/h3-4,6-31H,5,32H2,1-2H3/b11-6-,12-3-,15-8-,33-4+,47-30-. The molecule has 0 unspecified atom stereocenters. The number of hydrogen-bond acceptors (Lipinski definition) is 4. The predicted octanol–water partition coefficient (Wildman–Crippen LogP) is 11.7. The van der Waals surface area contributed by atoms with Gasteiger partial charge in [0.1, 0.15) is 0 Å². The molecule has 4 nitrogen and oxygen atoms in total. The first-order valence-electron chi connectivity index (χ1n) is 17.1. The summed E-state index contributed by atoms with van der Waals surface area (Å²) in [5.74, 6) is 0.675. The Labute approximate surface area is 294 Å². The number of allylic oxidation sites excluding steroid dienone is 7. The second-order valence-electron chi connectivity index (χ2n) is 12.1. The van der Waals surface area contributed by atoms with Crippen molar-refractivity contribution in [3.05, 3.63) is 175 Å². The fraction of sp³-hybridized carbons (Fsp3) is 0.0870. The van der Waals surface area contributed by atoms with E-state index < -0.39 is 0 Å². The molecule has 50 heavy (non-hydrogen) atoms. The molecule has 0 bridgehead atoms. The molecule has 0 aliphatic carbocycles. The molecular formula is C46H38N4. The first-order valence-corrected chi connectivity index (χ1v) is 17.1. The number of aliphatic imine (C=N–C) groups is 1. The smallest absolute Gasteiger partial charge is 0.160 e. The summed E-state index contributed by atoms with van der Waals surface area (Å²) in [4.78, 5) is 19.8. The van der Waals surface area contributed by atoms with Crippen molar-refractivity contribution in [3.8, 4) is 56.3 Å². The van der Waals surface area contributed by atoms with E-state index >= 15 is 0 Å². The van der Waals surface area contributed by atoms with E-state index in [0.717, 1.165) is 57.0 Å². The van der Waals surface area contributed by atoms with Crippen LogP contribution in [0.25, 0.3) is 67.9 Å². The molecule has 4 heteroatoms. The maximum atomic E-state index is 5.11. The van der Waals surface area contributed by atoms with E-state index in [9.17, 15) is 0 Å². The number of hydrogen-bond donors (Lipinski definition) is 0. The van der Waals surface area contributed by atoms with Crippen LogP contribution >= 0.6 is 0 Å². The molecule has 0 atom stereocenters. The van der Waals surface area contributed by atoms with Gasteiger partial charge in [-0.25, -0.2) is 9.97 Å². The monoisotopic (exact) mass is 646 g/mol. The van der Waals surface area contributed by atoms with Gasteiger partial charge in [0.2, 0.25) is 0 Å². The lowest BCUT2D eigenvalue weighted by Crippen LogP contribution is -1.97. The maximum absolute atomic E-state index is 5.11. The largest absolute Gasteiger partial charge is 0.287 e. The second-order valence-corrected chi connectivity index (χ2v) is 12.1. The molecule has 0 radical (unpaired) electrons. The molecule has 6 aromatic rings. The SMILES string of the molecule is C/C=C\C(=C/C)c1ccc(-c2cc(-c3ccc(-c4ccccc4)cc3)nc(-c3ccc(-c4ccc5c(n4)C/N=C\C=C/C/C=C\5)cc3)n2)cc1. The minimum atomic E-state index is 0.540. The molecule has 7 rings (SSSR count). The molecule has 0 N–H and O–H groups in total. The van der Waals surface area contributed by atoms with Crippen molar-refractivity contribution >= 4 is 17.9 Å². The third-order valence-electron chi connectivity index (χ3n) is 8.77. The van der Waals surface area contributed by atoms with E-state index in [2.05, 4.69) is 164 Å². The first-order chi connectivity index (χ1) is 24.7. The lowest BCUT2D eigenvalue weighted by molar-refractivity contribution is 0.992. The molecule has 4 aromatic carbocycles. The second kappa shape index (κ2) is 15.3. The van der Waals surface area contributed by atoms with E-state index in [1.807, 2.05) is 25.3 Å². The van der Waals surface area contributed by atoms with Gasteiger partial charge in [0.25, 0.3) is 0 Å². The van der Waals surface area contributed by atoms with Crippen molar-refractivity contribution in [1.29, 1.82) is 0 Å². The van der Waals surface area contributed by atoms with Gasteiger partial charge in [-0.1, -0.05) is 146 Å². The number of rotatable bonds is 7. The van der Waals surface area contributed by atoms with Gasteiger partial charge >= 0.3 is 0 Å². The third-order valence-corrected chi connectivity index (χ3v) is 8.77. The number of nitrogens with zero attached hydrogens (tertiary/aromatic N) is 4. The number of benzene rings is 4. The van der Waals surface area contributed by atoms with Crippen LogP contribution in [-0.2, 0) is 6.54 Å². The normalized spacial score (nSPS) is 15.0. The lowest BCUT2D eigenvalue weighted by atomic mass is 10.00. The van der Waals surface area contributed by atoms with Crippen molar-refractivity contribution in [1.82, 2.24) is 15.0 Å². The summed E-state index contributed by atoms with van der Waals surface area (Å²) in [6.07, 6.45) is 17.4. The number of aromatic nitrogens is 3. The molecule has 3 heterocycles. The zero-order chi connectivity index (χ0) is 34.1. The molecule has 1 aliphatic heterocycles. The molecule has 0 saturated carbocycles. The van der Waals surface area contributed by atoms with E-state index in [1.54, 1.807) is 0 Å². The maximum Gasteiger partial charge on any atom is 0.160 e. The molecule has 242 valence electrons. The summed E-state index contributed by atoms with van der Waals surface area (Å²) in [5.41, 5.74) is 13.5. The molecule has 2 aromatic heterocycles. The van der Waals surface area contributed by atoms with Crippen molar-refractivity contribution in [2.75, 3.05) is 0 Å². The highest BCUT2D eigenvalue weighted by Crippen LogP contribution is 2.31. The summed E-state index contributed by atoms with van der Waals surface area (Å²) in [7, 11) is 0. The van der Waals surface area contributed by atoms with Gasteiger partial charge < -0.3 is 0 Å². The van der Waals surface area contributed by atoms with Gasteiger partial charge in [-0.05, 0) is 66.3 Å². The van der Waals surface area contributed by atoms with Crippen LogP contribution in [0.2, 0.25) is 0 Å². The van der Waals surface area contributed by atoms with Crippen LogP contribution in [-0.4, -0.2) is 21.2 Å². The topological polar surface area (TPSA) is 51.0 Å². The molecule has 0 amide bonds. The summed E-state index contributed by atoms with van der Waals surface area (Å²) < 4.78 is 0. The first kappa shape index (κ1) is 32.3. The van der Waals surface area contributed by atoms with Gasteiger partial charge in [0.15, 0.2) is 5.82 Å². The Bertz CT molecular complexity index is 2240. The third kappa shape index (κ3) is 7.40. The van der Waals surface area contributed by atoms with E-state index in [1.165, 1.54) is 22.3 Å². The zero-order valence-electron chi connectivity index (χ0n) is 28.4. The highest BCUT2D eigenvalue weighted by molar-refractivity contribution is 5.78. The molecular weight excluding hydrogens is 609 g/mol. The summed E-state index contributed by atoms with van der Waals surface area (Å²) in [5, 5.41) is 0. The Morgan fingerprint density at radius 2 is 1.20 bits per heavy atom. The van der Waals surface area contributed by atoms with Crippen LogP contribution < -0.4 is 0 Å². The van der Waals surface area contributed by atoms with Gasteiger partial charge in [0, 0.05) is 28.5 Å². The zero-order valence-corrected chi connectivity index (χ0v) is 28.4. The summed E-state index contributed by atoms with van der Waals surface area (Å²) >= 11 is 0. The van der Waals surface area contributed by atoms with E-state index in [0.29, 0.717) is 12.4 Å². The Hall–Kier alpha value is -6.26. The average molecular weight is 647 g/mol. The fourth-order valence-electron chi connectivity index (χ4n) is 6.06. The Balaban J connectivity index is 1.25. The van der Waals surface area contributed by atoms with E-state index in [-0.39, 0.29) is 0 Å². The Morgan fingerprint density at radius 3 is 1.88 bits per heavy atom. The van der Waals surface area contributed by atoms with Gasteiger partial charge in [0.05, 0.1) is 29.3 Å². The van der Waals surface area contributed by atoms with Crippen molar-refractivity contribution in [3.63, 3.8) is 0 Å². The molecule has 1 aliphatic rings. The van der Waals surface area contributed by atoms with Gasteiger partial charge in [-0.15, -0.1) is 0 Å². The summed E-state index contributed by atoms with van der Waals surface area (Å²) in [6.45, 7) is 4.65. The highest BCUT2D eigenvalue weighted by atomic mass is 14.9. The predicted molar refractivity (Wildman–Crippen MR) is 210 cm³/mol. The van der Waals surface area contributed by atoms with Crippen LogP contribution in [0, 0.1) is 0 Å². The van der Waals surface area contributed by atoms with Crippen LogP contribution in [0.3, 0.4) is 0 Å². The summed E-state index contributed by atoms with van der Waals surface area (Å²) in [6, 6.07) is 42.3. The number of pyridine rings is 1. The van der Waals surface area contributed by atoms with Crippen LogP contribution in [0.1, 0.15) is 37.1 Å². The molecule has 0 spiro atoms. The van der Waals surface area contributed by atoms with Crippen LogP contribution in [0.5, 0.6) is 0 Å². The van der Waals surface area contributed by atoms with Crippen molar-refractivity contribution < 1.29 is 0 Å². The quantitative estimate of drug-likeness (QED) is 0.162. The van der Waals surface area contributed by atoms with Crippen LogP contribution in [0.15, 0.2) is 163 Å². The highest BCUT2D eigenvalue weighted by Gasteiger charge is 2.13. The van der Waals surface area contributed by atoms with Crippen molar-refractivity contribution in [2.24, 2.45) is 4.99 Å². The fourth-order valence-corrected chi connectivity index (χ4v) is 6.06. The van der Waals surface area contributed by atoms with Gasteiger partial charge in [-0.3, -0.25) is 9.98 Å². The van der Waals surface area contributed by atoms with Crippen LogP contribution in [0.4, 0.5) is 0 Å². The lowest BCUT2D eigenvalue weighted by Gasteiger charge is -2.12. The van der Waals surface area contributed by atoms with Crippen molar-refractivity contribution in [2.45, 2.75) is 26.8 Å². The Kier molecular flexibility index (Phi) is 9.89. The number of fused-ring (bicyclic) bond motifs is 1. The molecule has 0 fully saturated rings. The minimum Gasteiger partial charge on any atom is -0.287 e. The van der Waals surface area contributed by atoms with Gasteiger partial charge in [-0.2, -0.15) is 0 Å². The molecule has 0 saturated heterocycles. The Morgan fingerprint density at radius 1 is 0.580 bits per heavy atom.